The molecule has 3 aliphatic rings. The lowest BCUT2D eigenvalue weighted by Gasteiger charge is -2.38. The van der Waals surface area contributed by atoms with Crippen LogP contribution in [0.15, 0.2) is 24.5 Å². The SMILES string of the molecule is c1cncc(C2CC(NC3CCN(CC4CCCC4)C3)C2)c1. The summed E-state index contributed by atoms with van der Waals surface area (Å²) in [4.78, 5) is 6.96. The molecule has 2 saturated carbocycles. The van der Waals surface area contributed by atoms with Gasteiger partial charge in [0.2, 0.25) is 0 Å². The summed E-state index contributed by atoms with van der Waals surface area (Å²) in [5.41, 5.74) is 1.43. The van der Waals surface area contributed by atoms with E-state index in [9.17, 15) is 0 Å². The average molecular weight is 299 g/mol. The Labute approximate surface area is 134 Å². The predicted molar refractivity (Wildman–Crippen MR) is 89.9 cm³/mol. The molecule has 1 N–H and O–H groups in total. The molecule has 1 unspecified atom stereocenters. The van der Waals surface area contributed by atoms with Crippen molar-refractivity contribution in [3.63, 3.8) is 0 Å². The second kappa shape index (κ2) is 6.67. The van der Waals surface area contributed by atoms with Crippen molar-refractivity contribution < 1.29 is 0 Å². The van der Waals surface area contributed by atoms with E-state index >= 15 is 0 Å². The van der Waals surface area contributed by atoms with Crippen LogP contribution in [0.2, 0.25) is 0 Å². The molecule has 0 radical (unpaired) electrons. The van der Waals surface area contributed by atoms with Gasteiger partial charge in [-0.1, -0.05) is 18.9 Å². The molecule has 0 aromatic carbocycles. The molecule has 0 bridgehead atoms. The van der Waals surface area contributed by atoms with Crippen molar-refractivity contribution in [1.29, 1.82) is 0 Å². The highest BCUT2D eigenvalue weighted by molar-refractivity contribution is 5.19. The fraction of sp³-hybridized carbons (Fsp3) is 0.737. The third-order valence-electron chi connectivity index (χ3n) is 6.03. The Kier molecular flexibility index (Phi) is 4.44. The third kappa shape index (κ3) is 3.36. The smallest absolute Gasteiger partial charge is 0.0302 e. The predicted octanol–water partition coefficient (Wildman–Crippen LogP) is 3.18. The first-order chi connectivity index (χ1) is 10.9. The zero-order valence-electron chi connectivity index (χ0n) is 13.6. The first kappa shape index (κ1) is 14.6. The molecule has 1 atom stereocenters. The van der Waals surface area contributed by atoms with E-state index in [-0.39, 0.29) is 0 Å². The molecule has 2 heterocycles. The van der Waals surface area contributed by atoms with E-state index in [0.717, 1.165) is 23.9 Å². The molecule has 22 heavy (non-hydrogen) atoms. The maximum atomic E-state index is 4.25. The van der Waals surface area contributed by atoms with Crippen LogP contribution < -0.4 is 5.32 Å². The highest BCUT2D eigenvalue weighted by Gasteiger charge is 2.34. The Morgan fingerprint density at radius 2 is 2.00 bits per heavy atom. The van der Waals surface area contributed by atoms with E-state index in [1.807, 2.05) is 12.4 Å². The Morgan fingerprint density at radius 1 is 1.14 bits per heavy atom. The Hall–Kier alpha value is -0.930. The van der Waals surface area contributed by atoms with Crippen molar-refractivity contribution >= 4 is 0 Å². The van der Waals surface area contributed by atoms with Crippen molar-refractivity contribution in [2.45, 2.75) is 62.9 Å². The van der Waals surface area contributed by atoms with Gasteiger partial charge in [0, 0.05) is 37.6 Å². The number of likely N-dealkylation sites (tertiary alicyclic amines) is 1. The number of hydrogen-bond donors (Lipinski definition) is 1. The van der Waals surface area contributed by atoms with Crippen molar-refractivity contribution in [3.05, 3.63) is 30.1 Å². The second-order valence-corrected chi connectivity index (χ2v) is 7.71. The fourth-order valence-corrected chi connectivity index (χ4v) is 4.67. The second-order valence-electron chi connectivity index (χ2n) is 7.71. The number of nitrogens with one attached hydrogen (secondary N) is 1. The Balaban J connectivity index is 1.18. The molecule has 120 valence electrons. The minimum absolute atomic E-state index is 0.737. The number of nitrogens with zero attached hydrogens (tertiary/aromatic N) is 2. The summed E-state index contributed by atoms with van der Waals surface area (Å²) >= 11 is 0. The van der Waals surface area contributed by atoms with E-state index in [1.54, 1.807) is 0 Å². The standard InChI is InChI=1S/C19H29N3/c1-2-5-15(4-1)13-22-9-7-18(14-22)21-19-10-17(11-19)16-6-3-8-20-12-16/h3,6,8,12,15,17-19,21H,1-2,4-5,7,9-11,13-14H2. The maximum Gasteiger partial charge on any atom is 0.0302 e. The number of pyridine rings is 1. The zero-order chi connectivity index (χ0) is 14.8. The summed E-state index contributed by atoms with van der Waals surface area (Å²) in [5, 5.41) is 3.91. The summed E-state index contributed by atoms with van der Waals surface area (Å²) in [6.45, 7) is 3.96. The van der Waals surface area contributed by atoms with Gasteiger partial charge in [0.05, 0.1) is 0 Å². The minimum Gasteiger partial charge on any atom is -0.310 e. The van der Waals surface area contributed by atoms with Gasteiger partial charge in [0.1, 0.15) is 0 Å². The van der Waals surface area contributed by atoms with Gasteiger partial charge in [-0.15, -0.1) is 0 Å². The van der Waals surface area contributed by atoms with Gasteiger partial charge in [0.25, 0.3) is 0 Å². The van der Waals surface area contributed by atoms with Gasteiger partial charge in [-0.25, -0.2) is 0 Å². The van der Waals surface area contributed by atoms with Gasteiger partial charge < -0.3 is 10.2 Å². The molecule has 0 spiro atoms. The van der Waals surface area contributed by atoms with Crippen LogP contribution in [0.5, 0.6) is 0 Å². The molecule has 2 aliphatic carbocycles. The fourth-order valence-electron chi connectivity index (χ4n) is 4.67. The lowest BCUT2D eigenvalue weighted by molar-refractivity contribution is 0.244. The van der Waals surface area contributed by atoms with Crippen LogP contribution in [0.4, 0.5) is 0 Å². The lowest BCUT2D eigenvalue weighted by atomic mass is 9.76. The quantitative estimate of drug-likeness (QED) is 0.905. The van der Waals surface area contributed by atoms with E-state index in [2.05, 4.69) is 27.3 Å². The van der Waals surface area contributed by atoms with E-state index in [0.29, 0.717) is 0 Å². The Morgan fingerprint density at radius 3 is 2.77 bits per heavy atom. The van der Waals surface area contributed by atoms with E-state index in [4.69, 9.17) is 0 Å². The highest BCUT2D eigenvalue weighted by atomic mass is 15.2. The molecular weight excluding hydrogens is 270 g/mol. The largest absolute Gasteiger partial charge is 0.310 e. The van der Waals surface area contributed by atoms with Gasteiger partial charge in [-0.3, -0.25) is 4.98 Å². The molecule has 1 saturated heterocycles. The molecule has 4 rings (SSSR count). The topological polar surface area (TPSA) is 28.2 Å². The van der Waals surface area contributed by atoms with E-state index < -0.39 is 0 Å². The van der Waals surface area contributed by atoms with Crippen LogP contribution in [0, 0.1) is 5.92 Å². The van der Waals surface area contributed by atoms with E-state index in [1.165, 1.54) is 70.1 Å². The molecule has 1 aromatic rings. The van der Waals surface area contributed by atoms with Crippen LogP contribution >= 0.6 is 0 Å². The van der Waals surface area contributed by atoms with Crippen LogP contribution in [-0.4, -0.2) is 41.6 Å². The van der Waals surface area contributed by atoms with Gasteiger partial charge >= 0.3 is 0 Å². The lowest BCUT2D eigenvalue weighted by Crippen LogP contribution is -2.46. The van der Waals surface area contributed by atoms with Crippen LogP contribution in [0.1, 0.15) is 56.4 Å². The third-order valence-corrected chi connectivity index (χ3v) is 6.03. The Bertz CT molecular complexity index is 463. The van der Waals surface area contributed by atoms with Crippen molar-refractivity contribution in [1.82, 2.24) is 15.2 Å². The van der Waals surface area contributed by atoms with Crippen molar-refractivity contribution in [2.24, 2.45) is 5.92 Å². The summed E-state index contributed by atoms with van der Waals surface area (Å²) in [7, 11) is 0. The summed E-state index contributed by atoms with van der Waals surface area (Å²) < 4.78 is 0. The summed E-state index contributed by atoms with van der Waals surface area (Å²) in [6.07, 6.45) is 13.7. The zero-order valence-corrected chi connectivity index (χ0v) is 13.6. The molecule has 1 aliphatic heterocycles. The maximum absolute atomic E-state index is 4.25. The van der Waals surface area contributed by atoms with Crippen molar-refractivity contribution in [2.75, 3.05) is 19.6 Å². The molecule has 1 aromatic heterocycles. The summed E-state index contributed by atoms with van der Waals surface area (Å²) in [5.74, 6) is 1.74. The first-order valence-corrected chi connectivity index (χ1v) is 9.25. The van der Waals surface area contributed by atoms with Gasteiger partial charge in [0.15, 0.2) is 0 Å². The monoisotopic (exact) mass is 299 g/mol. The van der Waals surface area contributed by atoms with Crippen LogP contribution in [-0.2, 0) is 0 Å². The summed E-state index contributed by atoms with van der Waals surface area (Å²) in [6, 6.07) is 5.77. The van der Waals surface area contributed by atoms with Crippen LogP contribution in [0.3, 0.4) is 0 Å². The number of rotatable bonds is 5. The van der Waals surface area contributed by atoms with Gasteiger partial charge in [-0.2, -0.15) is 0 Å². The van der Waals surface area contributed by atoms with Crippen molar-refractivity contribution in [3.8, 4) is 0 Å². The molecule has 0 amide bonds. The highest BCUT2D eigenvalue weighted by Crippen LogP contribution is 2.37. The molecule has 3 nitrogen and oxygen atoms in total. The van der Waals surface area contributed by atoms with Gasteiger partial charge in [-0.05, 0) is 62.1 Å². The molecule has 3 heteroatoms. The minimum atomic E-state index is 0.737. The normalized spacial score (nSPS) is 33.2. The molecule has 3 fully saturated rings. The first-order valence-electron chi connectivity index (χ1n) is 9.25. The average Bonchev–Trinajstić information content (AvgIpc) is 3.16. The number of aromatic nitrogens is 1. The number of hydrogen-bond acceptors (Lipinski definition) is 3. The molecular formula is C19H29N3. The van der Waals surface area contributed by atoms with Crippen LogP contribution in [0.25, 0.3) is 0 Å².